The van der Waals surface area contributed by atoms with Crippen molar-refractivity contribution in [2.75, 3.05) is 18.4 Å². The highest BCUT2D eigenvalue weighted by molar-refractivity contribution is 5.93. The normalized spacial score (nSPS) is 15.1. The molecule has 0 spiro atoms. The number of nitrogens with one attached hydrogen (secondary N) is 2. The summed E-state index contributed by atoms with van der Waals surface area (Å²) in [6, 6.07) is 3.71. The fraction of sp³-hybridized carbons (Fsp3) is 0.538. The number of hydrogen-bond donors (Lipinski definition) is 2. The molecular formula is C13H19N3O. The number of carbonyl (C=O) groups is 1. The molecule has 4 nitrogen and oxygen atoms in total. The molecule has 1 amide bonds. The minimum Gasteiger partial charge on any atom is -0.385 e. The maximum atomic E-state index is 11.6. The molecular weight excluding hydrogens is 214 g/mol. The minimum atomic E-state index is -0.111. The second-order valence-electron chi connectivity index (χ2n) is 4.47. The number of aromatic nitrogens is 1. The summed E-state index contributed by atoms with van der Waals surface area (Å²) in [6.07, 6.45) is 5.67. The van der Waals surface area contributed by atoms with Gasteiger partial charge in [-0.1, -0.05) is 6.42 Å². The zero-order valence-electron chi connectivity index (χ0n) is 10.2. The van der Waals surface area contributed by atoms with Crippen molar-refractivity contribution in [1.29, 1.82) is 0 Å². The van der Waals surface area contributed by atoms with Gasteiger partial charge in [0.15, 0.2) is 0 Å². The predicted octanol–water partition coefficient (Wildman–Crippen LogP) is 2.04. The Bertz CT molecular complexity index is 388. The summed E-state index contributed by atoms with van der Waals surface area (Å²) in [5, 5.41) is 6.11. The minimum absolute atomic E-state index is 0.111. The van der Waals surface area contributed by atoms with E-state index in [0.717, 1.165) is 18.2 Å². The molecule has 0 unspecified atom stereocenters. The smallest absolute Gasteiger partial charge is 0.269 e. The number of rotatable bonds is 5. The number of nitrogens with zero attached hydrogens (tertiary/aromatic N) is 1. The van der Waals surface area contributed by atoms with Gasteiger partial charge in [-0.25, -0.2) is 0 Å². The molecule has 0 aliphatic heterocycles. The molecule has 1 fully saturated rings. The Morgan fingerprint density at radius 2 is 2.35 bits per heavy atom. The fourth-order valence-corrected chi connectivity index (χ4v) is 1.87. The highest BCUT2D eigenvalue weighted by Crippen LogP contribution is 2.26. The third-order valence-corrected chi connectivity index (χ3v) is 3.15. The first-order valence-electron chi connectivity index (χ1n) is 6.27. The van der Waals surface area contributed by atoms with Crippen LogP contribution in [0.15, 0.2) is 18.3 Å². The Kier molecular flexibility index (Phi) is 3.96. The van der Waals surface area contributed by atoms with Crippen LogP contribution >= 0.6 is 0 Å². The average molecular weight is 233 g/mol. The molecule has 1 aliphatic carbocycles. The van der Waals surface area contributed by atoms with Crippen molar-refractivity contribution >= 4 is 11.6 Å². The third-order valence-electron chi connectivity index (χ3n) is 3.15. The van der Waals surface area contributed by atoms with E-state index >= 15 is 0 Å². The number of hydrogen-bond acceptors (Lipinski definition) is 3. The van der Waals surface area contributed by atoms with Crippen molar-refractivity contribution in [2.24, 2.45) is 5.92 Å². The van der Waals surface area contributed by atoms with Crippen LogP contribution in [-0.2, 0) is 0 Å². The van der Waals surface area contributed by atoms with Crippen molar-refractivity contribution in [3.05, 3.63) is 24.0 Å². The number of anilines is 1. The number of carbonyl (C=O) groups excluding carboxylic acids is 1. The van der Waals surface area contributed by atoms with Gasteiger partial charge in [-0.2, -0.15) is 0 Å². The molecule has 2 rings (SSSR count). The maximum absolute atomic E-state index is 11.6. The van der Waals surface area contributed by atoms with Gasteiger partial charge in [0.1, 0.15) is 5.69 Å². The lowest BCUT2D eigenvalue weighted by Gasteiger charge is -2.25. The number of amides is 1. The second kappa shape index (κ2) is 5.66. The van der Waals surface area contributed by atoms with Crippen molar-refractivity contribution in [1.82, 2.24) is 10.3 Å². The molecule has 0 bridgehead atoms. The van der Waals surface area contributed by atoms with Gasteiger partial charge in [-0.05, 0) is 37.8 Å². The molecule has 17 heavy (non-hydrogen) atoms. The zero-order chi connectivity index (χ0) is 12.1. The van der Waals surface area contributed by atoms with Gasteiger partial charge in [0.2, 0.25) is 0 Å². The summed E-state index contributed by atoms with van der Waals surface area (Å²) >= 11 is 0. The first-order chi connectivity index (χ1) is 8.29. The molecule has 0 aromatic carbocycles. The lowest BCUT2D eigenvalue weighted by atomic mass is 9.85. The molecule has 0 radical (unpaired) electrons. The molecule has 0 saturated heterocycles. The first-order valence-corrected chi connectivity index (χ1v) is 6.27. The van der Waals surface area contributed by atoms with Crippen LogP contribution in [0, 0.1) is 5.92 Å². The van der Waals surface area contributed by atoms with E-state index in [1.165, 1.54) is 19.3 Å². The molecule has 92 valence electrons. The SMILES string of the molecule is CCNC(=O)c1cc(NCC2CCC2)ccn1. The van der Waals surface area contributed by atoms with E-state index in [1.807, 2.05) is 19.1 Å². The predicted molar refractivity (Wildman–Crippen MR) is 68.1 cm³/mol. The molecule has 4 heteroatoms. The lowest BCUT2D eigenvalue weighted by molar-refractivity contribution is 0.0951. The molecule has 1 heterocycles. The van der Waals surface area contributed by atoms with Crippen LogP contribution in [0.5, 0.6) is 0 Å². The maximum Gasteiger partial charge on any atom is 0.269 e. The Hall–Kier alpha value is -1.58. The Morgan fingerprint density at radius 1 is 1.53 bits per heavy atom. The average Bonchev–Trinajstić information content (AvgIpc) is 2.28. The third kappa shape index (κ3) is 3.19. The quantitative estimate of drug-likeness (QED) is 0.818. The second-order valence-corrected chi connectivity index (χ2v) is 4.47. The van der Waals surface area contributed by atoms with Gasteiger partial charge in [0.05, 0.1) is 0 Å². The molecule has 2 N–H and O–H groups in total. The van der Waals surface area contributed by atoms with Gasteiger partial charge in [-0.3, -0.25) is 9.78 Å². The van der Waals surface area contributed by atoms with E-state index in [-0.39, 0.29) is 5.91 Å². The van der Waals surface area contributed by atoms with Crippen molar-refractivity contribution in [2.45, 2.75) is 26.2 Å². The standard InChI is InChI=1S/C13H19N3O/c1-2-14-13(17)12-8-11(6-7-15-12)16-9-10-4-3-5-10/h6-8,10H,2-5,9H2,1H3,(H,14,17)(H,15,16). The van der Waals surface area contributed by atoms with E-state index in [0.29, 0.717) is 12.2 Å². The summed E-state index contributed by atoms with van der Waals surface area (Å²) in [5.74, 6) is 0.691. The van der Waals surface area contributed by atoms with Crippen LogP contribution in [0.25, 0.3) is 0 Å². The molecule has 1 aliphatic rings. The molecule has 1 aromatic heterocycles. The Balaban J connectivity index is 1.92. The van der Waals surface area contributed by atoms with E-state index in [2.05, 4.69) is 15.6 Å². The fourth-order valence-electron chi connectivity index (χ4n) is 1.87. The van der Waals surface area contributed by atoms with Crippen LogP contribution < -0.4 is 10.6 Å². The van der Waals surface area contributed by atoms with Crippen molar-refractivity contribution in [3.63, 3.8) is 0 Å². The summed E-state index contributed by atoms with van der Waals surface area (Å²) in [4.78, 5) is 15.7. The van der Waals surface area contributed by atoms with Crippen LogP contribution in [0.3, 0.4) is 0 Å². The largest absolute Gasteiger partial charge is 0.385 e. The van der Waals surface area contributed by atoms with E-state index in [9.17, 15) is 4.79 Å². The van der Waals surface area contributed by atoms with Gasteiger partial charge in [-0.15, -0.1) is 0 Å². The van der Waals surface area contributed by atoms with Crippen LogP contribution in [0.1, 0.15) is 36.7 Å². The van der Waals surface area contributed by atoms with Crippen LogP contribution in [0.4, 0.5) is 5.69 Å². The monoisotopic (exact) mass is 233 g/mol. The van der Waals surface area contributed by atoms with E-state index in [4.69, 9.17) is 0 Å². The topological polar surface area (TPSA) is 54.0 Å². The molecule has 1 aromatic rings. The van der Waals surface area contributed by atoms with Crippen molar-refractivity contribution in [3.8, 4) is 0 Å². The summed E-state index contributed by atoms with van der Waals surface area (Å²) in [5.41, 5.74) is 1.46. The van der Waals surface area contributed by atoms with Crippen LogP contribution in [0.2, 0.25) is 0 Å². The highest BCUT2D eigenvalue weighted by Gasteiger charge is 2.16. The van der Waals surface area contributed by atoms with Crippen molar-refractivity contribution < 1.29 is 4.79 Å². The summed E-state index contributed by atoms with van der Waals surface area (Å²) < 4.78 is 0. The van der Waals surface area contributed by atoms with Gasteiger partial charge in [0, 0.05) is 25.0 Å². The zero-order valence-corrected chi connectivity index (χ0v) is 10.2. The first kappa shape index (κ1) is 11.9. The Morgan fingerprint density at radius 3 is 3.00 bits per heavy atom. The van der Waals surface area contributed by atoms with Crippen LogP contribution in [-0.4, -0.2) is 24.0 Å². The van der Waals surface area contributed by atoms with E-state index < -0.39 is 0 Å². The molecule has 0 atom stereocenters. The van der Waals surface area contributed by atoms with Gasteiger partial charge < -0.3 is 10.6 Å². The summed E-state index contributed by atoms with van der Waals surface area (Å²) in [7, 11) is 0. The van der Waals surface area contributed by atoms with Gasteiger partial charge in [0.25, 0.3) is 5.91 Å². The highest BCUT2D eigenvalue weighted by atomic mass is 16.1. The lowest BCUT2D eigenvalue weighted by Crippen LogP contribution is -2.24. The van der Waals surface area contributed by atoms with E-state index in [1.54, 1.807) is 6.20 Å². The molecule has 1 saturated carbocycles. The number of pyridine rings is 1. The Labute approximate surface area is 102 Å². The van der Waals surface area contributed by atoms with Gasteiger partial charge >= 0.3 is 0 Å². The summed E-state index contributed by atoms with van der Waals surface area (Å²) in [6.45, 7) is 3.52.